The number of aryl methyl sites for hydroxylation is 1. The standard InChI is InChI=1S/C18H21NO3/c1-9-8-12(22-19)6-7-13(9)16-17(20)14-10-2-3-11(5-4-10)15(14)18(16)21/h6-8,10-11,14-16H,2-5,19H2,1H3. The molecule has 0 amide bonds. The van der Waals surface area contributed by atoms with Crippen molar-refractivity contribution in [3.63, 3.8) is 0 Å². The van der Waals surface area contributed by atoms with Gasteiger partial charge in [-0.15, -0.1) is 0 Å². The van der Waals surface area contributed by atoms with Crippen LogP contribution in [0.4, 0.5) is 0 Å². The van der Waals surface area contributed by atoms with Crippen molar-refractivity contribution in [3.8, 4) is 5.75 Å². The largest absolute Gasteiger partial charge is 0.412 e. The van der Waals surface area contributed by atoms with E-state index < -0.39 is 5.92 Å². The Labute approximate surface area is 130 Å². The molecule has 4 nitrogen and oxygen atoms in total. The second-order valence-corrected chi connectivity index (χ2v) is 7.10. The average Bonchev–Trinajstić information content (AvgIpc) is 2.82. The van der Waals surface area contributed by atoms with E-state index in [0.717, 1.165) is 36.8 Å². The number of carbonyl (C=O) groups is 2. The summed E-state index contributed by atoms with van der Waals surface area (Å²) in [6.07, 6.45) is 4.49. The van der Waals surface area contributed by atoms with Crippen LogP contribution in [0, 0.1) is 30.6 Å². The fourth-order valence-corrected chi connectivity index (χ4v) is 5.15. The van der Waals surface area contributed by atoms with Crippen LogP contribution in [0.5, 0.6) is 5.75 Å². The van der Waals surface area contributed by atoms with Crippen molar-refractivity contribution >= 4 is 11.6 Å². The summed E-state index contributed by atoms with van der Waals surface area (Å²) in [4.78, 5) is 30.7. The maximum atomic E-state index is 13.0. The lowest BCUT2D eigenvalue weighted by molar-refractivity contribution is -0.129. The third kappa shape index (κ3) is 1.80. The van der Waals surface area contributed by atoms with Gasteiger partial charge in [0.15, 0.2) is 11.6 Å². The van der Waals surface area contributed by atoms with Crippen LogP contribution in [0.15, 0.2) is 18.2 Å². The van der Waals surface area contributed by atoms with Gasteiger partial charge in [0.1, 0.15) is 11.7 Å². The molecule has 116 valence electrons. The van der Waals surface area contributed by atoms with Crippen molar-refractivity contribution in [2.24, 2.45) is 29.6 Å². The van der Waals surface area contributed by atoms with E-state index in [1.54, 1.807) is 12.1 Å². The molecule has 1 aromatic carbocycles. The minimum atomic E-state index is -0.567. The lowest BCUT2D eigenvalue weighted by Crippen LogP contribution is -2.41. The molecule has 2 N–H and O–H groups in total. The highest BCUT2D eigenvalue weighted by Gasteiger charge is 2.58. The third-order valence-corrected chi connectivity index (χ3v) is 6.13. The summed E-state index contributed by atoms with van der Waals surface area (Å²) in [5.74, 6) is 6.32. The molecule has 4 saturated carbocycles. The SMILES string of the molecule is Cc1cc(ON)ccc1C1C(=O)C2C3CCC(CC3)C2C1=O. The van der Waals surface area contributed by atoms with Crippen molar-refractivity contribution in [1.82, 2.24) is 0 Å². The zero-order chi connectivity index (χ0) is 15.4. The molecule has 0 saturated heterocycles. The number of nitrogens with two attached hydrogens (primary N) is 1. The zero-order valence-electron chi connectivity index (χ0n) is 12.7. The van der Waals surface area contributed by atoms with Crippen LogP contribution in [0.2, 0.25) is 0 Å². The van der Waals surface area contributed by atoms with Gasteiger partial charge in [-0.2, -0.15) is 5.90 Å². The second kappa shape index (κ2) is 4.92. The van der Waals surface area contributed by atoms with Crippen LogP contribution < -0.4 is 10.7 Å². The van der Waals surface area contributed by atoms with E-state index in [-0.39, 0.29) is 23.4 Å². The first-order valence-electron chi connectivity index (χ1n) is 8.16. The van der Waals surface area contributed by atoms with Crippen LogP contribution in [0.1, 0.15) is 42.7 Å². The van der Waals surface area contributed by atoms with Crippen LogP contribution in [-0.4, -0.2) is 11.6 Å². The van der Waals surface area contributed by atoms with E-state index in [2.05, 4.69) is 0 Å². The molecule has 0 aromatic heterocycles. The number of hydrogen-bond donors (Lipinski definition) is 1. The van der Waals surface area contributed by atoms with Gasteiger partial charge in [-0.25, -0.2) is 0 Å². The van der Waals surface area contributed by atoms with E-state index >= 15 is 0 Å². The molecule has 2 atom stereocenters. The Morgan fingerprint density at radius 2 is 1.55 bits per heavy atom. The van der Waals surface area contributed by atoms with E-state index in [0.29, 0.717) is 17.6 Å². The first kappa shape index (κ1) is 13.9. The van der Waals surface area contributed by atoms with E-state index in [1.807, 2.05) is 13.0 Å². The number of carbonyl (C=O) groups excluding carboxylic acids is 2. The summed E-state index contributed by atoms with van der Waals surface area (Å²) < 4.78 is 0. The number of hydrogen-bond acceptors (Lipinski definition) is 4. The van der Waals surface area contributed by atoms with Gasteiger partial charge in [-0.1, -0.05) is 6.07 Å². The summed E-state index contributed by atoms with van der Waals surface area (Å²) in [6.45, 7) is 1.91. The summed E-state index contributed by atoms with van der Waals surface area (Å²) in [7, 11) is 0. The Hall–Kier alpha value is -1.68. The number of fused-ring (bicyclic) bond motifs is 2. The van der Waals surface area contributed by atoms with Gasteiger partial charge in [0.25, 0.3) is 0 Å². The minimum absolute atomic E-state index is 0.0187. The topological polar surface area (TPSA) is 69.4 Å². The average molecular weight is 299 g/mol. The lowest BCUT2D eigenvalue weighted by Gasteiger charge is -2.43. The van der Waals surface area contributed by atoms with E-state index in [9.17, 15) is 9.59 Å². The Morgan fingerprint density at radius 3 is 2.00 bits per heavy atom. The zero-order valence-corrected chi connectivity index (χ0v) is 12.7. The molecule has 4 aliphatic carbocycles. The molecule has 0 aliphatic heterocycles. The first-order chi connectivity index (χ1) is 10.6. The molecule has 2 bridgehead atoms. The van der Waals surface area contributed by atoms with Gasteiger partial charge in [0.05, 0.1) is 0 Å². The van der Waals surface area contributed by atoms with Crippen molar-refractivity contribution in [3.05, 3.63) is 29.3 Å². The summed E-state index contributed by atoms with van der Waals surface area (Å²) in [5.41, 5.74) is 1.74. The number of ketones is 2. The fourth-order valence-electron chi connectivity index (χ4n) is 5.15. The van der Waals surface area contributed by atoms with Crippen molar-refractivity contribution in [2.75, 3.05) is 0 Å². The van der Waals surface area contributed by atoms with Gasteiger partial charge < -0.3 is 4.84 Å². The summed E-state index contributed by atoms with van der Waals surface area (Å²) in [5, 5.41) is 0. The van der Waals surface area contributed by atoms with Crippen LogP contribution in [-0.2, 0) is 9.59 Å². The molecule has 0 heterocycles. The summed E-state index contributed by atoms with van der Waals surface area (Å²) in [6, 6.07) is 5.36. The normalized spacial score (nSPS) is 36.5. The van der Waals surface area contributed by atoms with E-state index in [4.69, 9.17) is 10.7 Å². The minimum Gasteiger partial charge on any atom is -0.412 e. The second-order valence-electron chi connectivity index (χ2n) is 7.10. The van der Waals surface area contributed by atoms with Crippen molar-refractivity contribution in [2.45, 2.75) is 38.5 Å². The number of Topliss-reactive ketones (excluding diaryl/α,β-unsaturated/α-hetero) is 2. The van der Waals surface area contributed by atoms with Crippen LogP contribution in [0.25, 0.3) is 0 Å². The maximum Gasteiger partial charge on any atom is 0.151 e. The number of rotatable bonds is 2. The Morgan fingerprint density at radius 1 is 1.00 bits per heavy atom. The summed E-state index contributed by atoms with van der Waals surface area (Å²) >= 11 is 0. The van der Waals surface area contributed by atoms with Crippen molar-refractivity contribution in [1.29, 1.82) is 0 Å². The molecule has 5 rings (SSSR count). The highest BCUT2D eigenvalue weighted by atomic mass is 16.6. The molecule has 0 spiro atoms. The smallest absolute Gasteiger partial charge is 0.151 e. The van der Waals surface area contributed by atoms with E-state index in [1.165, 1.54) is 0 Å². The molecule has 4 aliphatic rings. The number of benzene rings is 1. The van der Waals surface area contributed by atoms with Crippen LogP contribution >= 0.6 is 0 Å². The first-order valence-corrected chi connectivity index (χ1v) is 8.16. The van der Waals surface area contributed by atoms with Crippen molar-refractivity contribution < 1.29 is 14.4 Å². The highest BCUT2D eigenvalue weighted by Crippen LogP contribution is 2.56. The molecule has 1 aromatic rings. The molecule has 4 heteroatoms. The highest BCUT2D eigenvalue weighted by molar-refractivity contribution is 6.16. The van der Waals surface area contributed by atoms with Gasteiger partial charge in [-0.05, 0) is 67.7 Å². The Kier molecular flexibility index (Phi) is 3.12. The molecular formula is C18H21NO3. The molecule has 0 radical (unpaired) electrons. The monoisotopic (exact) mass is 299 g/mol. The predicted molar refractivity (Wildman–Crippen MR) is 81.2 cm³/mol. The van der Waals surface area contributed by atoms with Crippen LogP contribution in [0.3, 0.4) is 0 Å². The van der Waals surface area contributed by atoms with Gasteiger partial charge >= 0.3 is 0 Å². The lowest BCUT2D eigenvalue weighted by atomic mass is 9.59. The predicted octanol–water partition coefficient (Wildman–Crippen LogP) is 2.54. The Balaban J connectivity index is 1.74. The molecule has 22 heavy (non-hydrogen) atoms. The quantitative estimate of drug-likeness (QED) is 0.673. The maximum absolute atomic E-state index is 13.0. The third-order valence-electron chi connectivity index (χ3n) is 6.13. The fraction of sp³-hybridized carbons (Fsp3) is 0.556. The molecular weight excluding hydrogens is 278 g/mol. The van der Waals surface area contributed by atoms with Gasteiger partial charge in [-0.3, -0.25) is 9.59 Å². The Bertz CT molecular complexity index is 616. The molecule has 2 unspecified atom stereocenters. The van der Waals surface area contributed by atoms with Gasteiger partial charge in [0, 0.05) is 11.8 Å². The molecule has 4 fully saturated rings. The van der Waals surface area contributed by atoms with Gasteiger partial charge in [0.2, 0.25) is 0 Å².